The molecule has 1 aliphatic carbocycles. The van der Waals surface area contributed by atoms with E-state index in [1.165, 1.54) is 10.4 Å². The predicted octanol–water partition coefficient (Wildman–Crippen LogP) is 7.46. The van der Waals surface area contributed by atoms with Crippen molar-refractivity contribution in [1.29, 1.82) is 0 Å². The molecule has 0 bridgehead atoms. The van der Waals surface area contributed by atoms with Gasteiger partial charge >= 0.3 is 0 Å². The molecule has 0 aliphatic heterocycles. The van der Waals surface area contributed by atoms with Gasteiger partial charge in [-0.05, 0) is 63.5 Å². The van der Waals surface area contributed by atoms with Crippen molar-refractivity contribution in [3.63, 3.8) is 0 Å². The molecule has 0 saturated heterocycles. The first-order valence-electron chi connectivity index (χ1n) is 15.6. The van der Waals surface area contributed by atoms with E-state index in [1.54, 1.807) is 0 Å². The molecule has 0 amide bonds. The lowest BCUT2D eigenvalue weighted by Crippen LogP contribution is -2.66. The Morgan fingerprint density at radius 1 is 0.682 bits per heavy atom. The normalized spacial score (nSPS) is 17.6. The van der Waals surface area contributed by atoms with Crippen LogP contribution in [0.2, 0.25) is 5.04 Å². The maximum absolute atomic E-state index is 15.1. The zero-order chi connectivity index (χ0) is 30.6. The van der Waals surface area contributed by atoms with Crippen LogP contribution in [0.25, 0.3) is 0 Å². The van der Waals surface area contributed by atoms with Crippen molar-refractivity contribution >= 4 is 36.6 Å². The Bertz CT molecular complexity index is 1590. The number of nitrogens with one attached hydrogen (secondary N) is 1. The molecule has 0 radical (unpaired) electrons. The lowest BCUT2D eigenvalue weighted by molar-refractivity contribution is 0.269. The van der Waals surface area contributed by atoms with Crippen LogP contribution >= 0.6 is 7.29 Å². The van der Waals surface area contributed by atoms with Crippen LogP contribution in [0.1, 0.15) is 38.8 Å². The highest BCUT2D eigenvalue weighted by molar-refractivity contribution is 7.76. The van der Waals surface area contributed by atoms with Crippen LogP contribution in [0.5, 0.6) is 0 Å². The largest absolute Gasteiger partial charge is 0.407 e. The lowest BCUT2D eigenvalue weighted by atomic mass is 10.0. The Labute approximate surface area is 263 Å². The molecule has 0 spiro atoms. The minimum absolute atomic E-state index is 0.0739. The van der Waals surface area contributed by atoms with Gasteiger partial charge in [-0.1, -0.05) is 148 Å². The zero-order valence-corrected chi connectivity index (χ0v) is 27.7. The minimum atomic E-state index is -3.14. The van der Waals surface area contributed by atoms with E-state index in [0.29, 0.717) is 18.4 Å². The van der Waals surface area contributed by atoms with Crippen molar-refractivity contribution in [3.05, 3.63) is 157 Å². The number of hydrogen-bond donors (Lipinski definition) is 1. The average molecular weight is 616 g/mol. The summed E-state index contributed by atoms with van der Waals surface area (Å²) < 4.78 is 22.5. The molecule has 3 atom stereocenters. The van der Waals surface area contributed by atoms with Gasteiger partial charge in [0.15, 0.2) is 0 Å². The summed E-state index contributed by atoms with van der Waals surface area (Å²) >= 11 is 0. The molecule has 1 aliphatic rings. The third kappa shape index (κ3) is 6.05. The first-order valence-corrected chi connectivity index (χ1v) is 19.2. The Morgan fingerprint density at radius 2 is 1.09 bits per heavy atom. The Balaban J connectivity index is 1.34. The van der Waals surface area contributed by atoms with Crippen LogP contribution in [-0.4, -0.2) is 14.9 Å². The summed E-state index contributed by atoms with van der Waals surface area (Å²) in [6.45, 7) is 7.65. The van der Waals surface area contributed by atoms with Crippen LogP contribution in [0.15, 0.2) is 152 Å². The monoisotopic (exact) mass is 615 g/mol. The van der Waals surface area contributed by atoms with Gasteiger partial charge in [0.1, 0.15) is 0 Å². The Hall–Kier alpha value is -3.53. The van der Waals surface area contributed by atoms with Crippen LogP contribution in [0.3, 0.4) is 0 Å². The van der Waals surface area contributed by atoms with E-state index in [2.05, 4.69) is 111 Å². The summed E-state index contributed by atoms with van der Waals surface area (Å²) in [6, 6.07) is 52.0. The first-order chi connectivity index (χ1) is 21.3. The Morgan fingerprint density at radius 3 is 1.52 bits per heavy atom. The van der Waals surface area contributed by atoms with Gasteiger partial charge in [-0.2, -0.15) is 0 Å². The third-order valence-corrected chi connectivity index (χ3v) is 16.8. The molecule has 5 aromatic carbocycles. The molecule has 1 N–H and O–H groups in total. The first kappa shape index (κ1) is 30.5. The predicted molar refractivity (Wildman–Crippen MR) is 187 cm³/mol. The van der Waals surface area contributed by atoms with Crippen LogP contribution in [0.4, 0.5) is 0 Å². The zero-order valence-electron chi connectivity index (χ0n) is 25.8. The molecule has 5 aromatic rings. The quantitative estimate of drug-likeness (QED) is 0.124. The van der Waals surface area contributed by atoms with E-state index in [4.69, 9.17) is 4.43 Å². The van der Waals surface area contributed by atoms with Gasteiger partial charge in [-0.15, -0.1) is 0 Å². The molecule has 224 valence electrons. The van der Waals surface area contributed by atoms with E-state index in [0.717, 1.165) is 22.6 Å². The fourth-order valence-corrected chi connectivity index (χ4v) is 13.8. The maximum atomic E-state index is 15.1. The second kappa shape index (κ2) is 12.8. The van der Waals surface area contributed by atoms with Crippen LogP contribution in [0, 0.1) is 11.8 Å². The molecule has 44 heavy (non-hydrogen) atoms. The summed E-state index contributed by atoms with van der Waals surface area (Å²) in [5.41, 5.74) is 1.16. The smallest absolute Gasteiger partial charge is 0.261 e. The highest BCUT2D eigenvalue weighted by Crippen LogP contribution is 2.53. The fourth-order valence-electron chi connectivity index (χ4n) is 6.71. The van der Waals surface area contributed by atoms with Crippen molar-refractivity contribution in [2.24, 2.45) is 11.8 Å². The second-order valence-electron chi connectivity index (χ2n) is 12.9. The van der Waals surface area contributed by atoms with Gasteiger partial charge in [0.2, 0.25) is 7.29 Å². The van der Waals surface area contributed by atoms with Gasteiger partial charge in [-0.25, -0.2) is 0 Å². The average Bonchev–Trinajstić information content (AvgIpc) is 3.85. The van der Waals surface area contributed by atoms with Gasteiger partial charge < -0.3 is 4.43 Å². The van der Waals surface area contributed by atoms with E-state index in [9.17, 15) is 0 Å². The molecule has 1 fully saturated rings. The molecule has 1 saturated carbocycles. The number of rotatable bonds is 11. The standard InChI is InChI=1S/C39H42NO2PSi/c1-39(2,3)44(35-25-15-7-16-26-35,36-27-17-8-18-28-36)42-30-32-29-37(32)38(31-19-9-4-10-20-31)40-43(41,33-21-11-5-12-22-33)34-23-13-6-14-24-34/h4-28,32,37-38H,29-30H2,1-3H3,(H,40,41)/t32-,37+,38-/m0/s1. The maximum Gasteiger partial charge on any atom is 0.261 e. The number of benzene rings is 5. The Kier molecular flexibility index (Phi) is 8.89. The molecule has 0 heterocycles. The molecule has 5 heteroatoms. The highest BCUT2D eigenvalue weighted by atomic mass is 31.2. The minimum Gasteiger partial charge on any atom is -0.407 e. The summed E-state index contributed by atoms with van der Waals surface area (Å²) in [4.78, 5) is 0. The fraction of sp³-hybridized carbons (Fsp3) is 0.231. The molecular formula is C39H42NO2PSi. The third-order valence-electron chi connectivity index (χ3n) is 9.06. The summed E-state index contributed by atoms with van der Waals surface area (Å²) in [5, 5.41) is 7.95. The molecule has 3 nitrogen and oxygen atoms in total. The summed E-state index contributed by atoms with van der Waals surface area (Å²) in [6.07, 6.45) is 1.02. The van der Waals surface area contributed by atoms with E-state index in [-0.39, 0.29) is 11.1 Å². The van der Waals surface area contributed by atoms with Gasteiger partial charge in [-0.3, -0.25) is 9.65 Å². The van der Waals surface area contributed by atoms with E-state index < -0.39 is 15.6 Å². The van der Waals surface area contributed by atoms with Gasteiger partial charge in [0, 0.05) is 23.3 Å². The van der Waals surface area contributed by atoms with Crippen molar-refractivity contribution in [1.82, 2.24) is 5.09 Å². The number of hydrogen-bond acceptors (Lipinski definition) is 2. The second-order valence-corrected chi connectivity index (χ2v) is 19.7. The molecule has 0 aromatic heterocycles. The van der Waals surface area contributed by atoms with Crippen molar-refractivity contribution in [2.45, 2.75) is 38.3 Å². The van der Waals surface area contributed by atoms with Crippen molar-refractivity contribution < 1.29 is 8.99 Å². The van der Waals surface area contributed by atoms with Gasteiger partial charge in [0.05, 0.1) is 0 Å². The van der Waals surface area contributed by atoms with Crippen LogP contribution in [-0.2, 0) is 8.99 Å². The SMILES string of the molecule is CC(C)(C)[Si](OC[C@@H]1C[C@H]1[C@@H](NP(=O)(c1ccccc1)c1ccccc1)c1ccccc1)(c1ccccc1)c1ccccc1. The van der Waals surface area contributed by atoms with Gasteiger partial charge in [0.25, 0.3) is 8.32 Å². The molecule has 0 unspecified atom stereocenters. The summed E-state index contributed by atoms with van der Waals surface area (Å²) in [5.74, 6) is 0.658. The topological polar surface area (TPSA) is 38.3 Å². The van der Waals surface area contributed by atoms with Crippen LogP contribution < -0.4 is 26.1 Å². The van der Waals surface area contributed by atoms with E-state index >= 15 is 4.57 Å². The lowest BCUT2D eigenvalue weighted by Gasteiger charge is -2.43. The summed E-state index contributed by atoms with van der Waals surface area (Å²) in [7, 11) is -5.78. The van der Waals surface area contributed by atoms with E-state index in [1.807, 2.05) is 66.7 Å². The molecular weight excluding hydrogens is 573 g/mol. The highest BCUT2D eigenvalue weighted by Gasteiger charge is 2.53. The molecule has 6 rings (SSSR count). The van der Waals surface area contributed by atoms with Crippen molar-refractivity contribution in [3.8, 4) is 0 Å². The van der Waals surface area contributed by atoms with Crippen molar-refractivity contribution in [2.75, 3.05) is 6.61 Å².